The number of hydrogen-bond donors (Lipinski definition) is 2. The molecule has 1 atom stereocenters. The van der Waals surface area contributed by atoms with E-state index in [1.54, 1.807) is 24.4 Å². The van der Waals surface area contributed by atoms with Crippen LogP contribution in [-0.4, -0.2) is 48.8 Å². The predicted molar refractivity (Wildman–Crippen MR) is 123 cm³/mol. The van der Waals surface area contributed by atoms with Crippen molar-refractivity contribution in [2.75, 3.05) is 32.8 Å². The molecule has 0 bridgehead atoms. The van der Waals surface area contributed by atoms with Crippen LogP contribution in [0.1, 0.15) is 17.2 Å². The molecule has 0 saturated carbocycles. The molecule has 7 nitrogen and oxygen atoms in total. The normalized spacial score (nSPS) is 14.9. The number of halogens is 1. The second kappa shape index (κ2) is 11.4. The van der Waals surface area contributed by atoms with Gasteiger partial charge in [0, 0.05) is 44.0 Å². The molecular formula is C25H27FN4O3. The summed E-state index contributed by atoms with van der Waals surface area (Å²) in [7, 11) is 0. The molecule has 1 aliphatic heterocycles. The molecule has 4 rings (SSSR count). The van der Waals surface area contributed by atoms with E-state index in [0.29, 0.717) is 37.0 Å². The van der Waals surface area contributed by atoms with Crippen LogP contribution in [0.15, 0.2) is 72.9 Å². The molecule has 2 N–H and O–H groups in total. The summed E-state index contributed by atoms with van der Waals surface area (Å²) in [4.78, 5) is 19.3. The highest BCUT2D eigenvalue weighted by molar-refractivity contribution is 5.74. The van der Waals surface area contributed by atoms with E-state index in [4.69, 9.17) is 9.47 Å². The van der Waals surface area contributed by atoms with Crippen LogP contribution in [0.5, 0.6) is 11.6 Å². The Morgan fingerprint density at radius 2 is 1.91 bits per heavy atom. The molecule has 0 radical (unpaired) electrons. The number of urea groups is 1. The zero-order valence-corrected chi connectivity index (χ0v) is 18.2. The molecule has 33 heavy (non-hydrogen) atoms. The molecule has 2 amide bonds. The van der Waals surface area contributed by atoms with E-state index in [9.17, 15) is 9.18 Å². The molecule has 1 fully saturated rings. The quantitative estimate of drug-likeness (QED) is 0.545. The number of carbonyl (C=O) groups is 1. The standard InChI is InChI=1S/C25H27FN4O3/c26-21-9-4-10-22(16-21)33-24-20(8-5-11-27-24)17-28-25(31)29-23(19-6-2-1-3-7-19)18-30-12-14-32-15-13-30/h1-11,16,23H,12-15,17-18H2,(H2,28,29,31). The summed E-state index contributed by atoms with van der Waals surface area (Å²) >= 11 is 0. The zero-order chi connectivity index (χ0) is 22.9. The Morgan fingerprint density at radius 1 is 1.09 bits per heavy atom. The fourth-order valence-electron chi connectivity index (χ4n) is 3.64. The van der Waals surface area contributed by atoms with Crippen molar-refractivity contribution in [3.05, 3.63) is 89.9 Å². The first kappa shape index (κ1) is 22.7. The maximum Gasteiger partial charge on any atom is 0.315 e. The van der Waals surface area contributed by atoms with Gasteiger partial charge in [-0.25, -0.2) is 14.2 Å². The lowest BCUT2D eigenvalue weighted by atomic mass is 10.1. The van der Waals surface area contributed by atoms with E-state index >= 15 is 0 Å². The second-order valence-electron chi connectivity index (χ2n) is 7.73. The average Bonchev–Trinajstić information content (AvgIpc) is 2.84. The highest BCUT2D eigenvalue weighted by Gasteiger charge is 2.20. The molecule has 3 aromatic rings. The molecular weight excluding hydrogens is 423 g/mol. The van der Waals surface area contributed by atoms with Crippen molar-refractivity contribution in [1.82, 2.24) is 20.5 Å². The topological polar surface area (TPSA) is 75.7 Å². The summed E-state index contributed by atoms with van der Waals surface area (Å²) in [5.74, 6) is 0.264. The van der Waals surface area contributed by atoms with Gasteiger partial charge in [0.2, 0.25) is 5.88 Å². The van der Waals surface area contributed by atoms with Gasteiger partial charge in [-0.2, -0.15) is 0 Å². The maximum atomic E-state index is 13.5. The van der Waals surface area contributed by atoms with Gasteiger partial charge in [-0.3, -0.25) is 4.90 Å². The van der Waals surface area contributed by atoms with Crippen LogP contribution in [0, 0.1) is 5.82 Å². The van der Waals surface area contributed by atoms with Crippen molar-refractivity contribution in [2.24, 2.45) is 0 Å². The molecule has 1 aliphatic rings. The minimum Gasteiger partial charge on any atom is -0.439 e. The molecule has 172 valence electrons. The Bertz CT molecular complexity index is 1040. The third-order valence-corrected chi connectivity index (χ3v) is 5.35. The van der Waals surface area contributed by atoms with Gasteiger partial charge in [-0.1, -0.05) is 42.5 Å². The Kier molecular flexibility index (Phi) is 7.84. The van der Waals surface area contributed by atoms with Crippen LogP contribution in [0.2, 0.25) is 0 Å². The minimum absolute atomic E-state index is 0.166. The number of ether oxygens (including phenoxy) is 2. The van der Waals surface area contributed by atoms with Crippen LogP contribution in [0.3, 0.4) is 0 Å². The van der Waals surface area contributed by atoms with Crippen molar-refractivity contribution in [2.45, 2.75) is 12.6 Å². The Balaban J connectivity index is 1.39. The van der Waals surface area contributed by atoms with Gasteiger partial charge < -0.3 is 20.1 Å². The third-order valence-electron chi connectivity index (χ3n) is 5.35. The molecule has 1 aromatic heterocycles. The molecule has 1 saturated heterocycles. The number of amides is 2. The van der Waals surface area contributed by atoms with E-state index in [2.05, 4.69) is 20.5 Å². The third kappa shape index (κ3) is 6.74. The highest BCUT2D eigenvalue weighted by atomic mass is 19.1. The van der Waals surface area contributed by atoms with Crippen LogP contribution in [-0.2, 0) is 11.3 Å². The number of pyridine rings is 1. The van der Waals surface area contributed by atoms with Crippen LogP contribution >= 0.6 is 0 Å². The van der Waals surface area contributed by atoms with Gasteiger partial charge in [0.1, 0.15) is 11.6 Å². The molecule has 0 spiro atoms. The molecule has 0 aliphatic carbocycles. The SMILES string of the molecule is O=C(NCc1cccnc1Oc1cccc(F)c1)NC(CN1CCOCC1)c1ccccc1. The lowest BCUT2D eigenvalue weighted by Gasteiger charge is -2.31. The molecule has 8 heteroatoms. The number of hydrogen-bond acceptors (Lipinski definition) is 5. The van der Waals surface area contributed by atoms with Gasteiger partial charge in [-0.15, -0.1) is 0 Å². The largest absolute Gasteiger partial charge is 0.439 e. The van der Waals surface area contributed by atoms with Crippen LogP contribution in [0.4, 0.5) is 9.18 Å². The number of nitrogens with zero attached hydrogens (tertiary/aromatic N) is 2. The summed E-state index contributed by atoms with van der Waals surface area (Å²) in [5, 5.41) is 5.97. The smallest absolute Gasteiger partial charge is 0.315 e. The van der Waals surface area contributed by atoms with E-state index in [0.717, 1.165) is 18.7 Å². The molecule has 2 heterocycles. The first-order valence-corrected chi connectivity index (χ1v) is 10.9. The summed E-state index contributed by atoms with van der Waals surface area (Å²) in [6, 6.07) is 18.9. The van der Waals surface area contributed by atoms with Crippen molar-refractivity contribution >= 4 is 6.03 Å². The highest BCUT2D eigenvalue weighted by Crippen LogP contribution is 2.23. The molecule has 1 unspecified atom stereocenters. The van der Waals surface area contributed by atoms with Crippen molar-refractivity contribution in [1.29, 1.82) is 0 Å². The summed E-state index contributed by atoms with van der Waals surface area (Å²) in [6.45, 7) is 3.98. The Morgan fingerprint density at radius 3 is 2.70 bits per heavy atom. The fraction of sp³-hybridized carbons (Fsp3) is 0.280. The number of morpholine rings is 1. The number of rotatable bonds is 8. The number of aromatic nitrogens is 1. The molecule has 2 aromatic carbocycles. The summed E-state index contributed by atoms with van der Waals surface area (Å²) in [6.07, 6.45) is 1.59. The van der Waals surface area contributed by atoms with Crippen LogP contribution < -0.4 is 15.4 Å². The lowest BCUT2D eigenvalue weighted by Crippen LogP contribution is -2.45. The minimum atomic E-state index is -0.394. The van der Waals surface area contributed by atoms with Crippen molar-refractivity contribution in [3.8, 4) is 11.6 Å². The van der Waals surface area contributed by atoms with Crippen molar-refractivity contribution < 1.29 is 18.7 Å². The predicted octanol–water partition coefficient (Wildman–Crippen LogP) is 3.89. The van der Waals surface area contributed by atoms with Crippen LogP contribution in [0.25, 0.3) is 0 Å². The van der Waals surface area contributed by atoms with E-state index in [-0.39, 0.29) is 18.6 Å². The van der Waals surface area contributed by atoms with Gasteiger partial charge in [0.25, 0.3) is 0 Å². The first-order valence-electron chi connectivity index (χ1n) is 10.9. The maximum absolute atomic E-state index is 13.5. The van der Waals surface area contributed by atoms with E-state index in [1.807, 2.05) is 36.4 Å². The van der Waals surface area contributed by atoms with Gasteiger partial charge >= 0.3 is 6.03 Å². The van der Waals surface area contributed by atoms with Gasteiger partial charge in [0.05, 0.1) is 19.3 Å². The van der Waals surface area contributed by atoms with Crippen molar-refractivity contribution in [3.63, 3.8) is 0 Å². The fourth-order valence-corrected chi connectivity index (χ4v) is 3.64. The monoisotopic (exact) mass is 450 g/mol. The second-order valence-corrected chi connectivity index (χ2v) is 7.73. The van der Waals surface area contributed by atoms with E-state index in [1.165, 1.54) is 12.1 Å². The zero-order valence-electron chi connectivity index (χ0n) is 18.2. The summed E-state index contributed by atoms with van der Waals surface area (Å²) in [5.41, 5.74) is 1.72. The van der Waals surface area contributed by atoms with E-state index < -0.39 is 5.82 Å². The average molecular weight is 451 g/mol. The number of benzene rings is 2. The number of nitrogens with one attached hydrogen (secondary N) is 2. The lowest BCUT2D eigenvalue weighted by molar-refractivity contribution is 0.0340. The Labute approximate surface area is 192 Å². The van der Waals surface area contributed by atoms with Gasteiger partial charge in [-0.05, 0) is 23.8 Å². The Hall–Kier alpha value is -3.49. The number of carbonyl (C=O) groups excluding carboxylic acids is 1. The van der Waals surface area contributed by atoms with Gasteiger partial charge in [0.15, 0.2) is 0 Å². The first-order chi connectivity index (χ1) is 16.2. The summed E-state index contributed by atoms with van der Waals surface area (Å²) < 4.78 is 24.6.